The van der Waals surface area contributed by atoms with Gasteiger partial charge in [-0.15, -0.1) is 11.3 Å². The van der Waals surface area contributed by atoms with Gasteiger partial charge in [0.25, 0.3) is 0 Å². The normalized spacial score (nSPS) is 16.2. The molecule has 7 heteroatoms. The van der Waals surface area contributed by atoms with E-state index in [0.29, 0.717) is 42.9 Å². The zero-order valence-corrected chi connectivity index (χ0v) is 15.6. The number of ether oxygens (including phenoxy) is 2. The Bertz CT molecular complexity index is 600. The Hall–Kier alpha value is -1.34. The van der Waals surface area contributed by atoms with Gasteiger partial charge in [-0.1, -0.05) is 11.5 Å². The highest BCUT2D eigenvalue weighted by molar-refractivity contribution is 7.15. The van der Waals surface area contributed by atoms with Crippen LogP contribution in [-0.2, 0) is 16.1 Å². The standard InChI is InChI=1S/C17H24BNO4S/c1-17(2,3)23-16(21)19-7-5-11(6-8-19)14(20)15-13(18)9-12(24-15)10-22-4/h9,11H,5-8,10H2,1-4H3. The number of nitrogens with zero attached hydrogens (tertiary/aromatic N) is 1. The maximum absolute atomic E-state index is 12.7. The van der Waals surface area contributed by atoms with Crippen molar-refractivity contribution in [3.05, 3.63) is 15.8 Å². The maximum atomic E-state index is 12.7. The number of hydrogen-bond donors (Lipinski definition) is 0. The third kappa shape index (κ3) is 4.83. The fourth-order valence-corrected chi connectivity index (χ4v) is 3.77. The largest absolute Gasteiger partial charge is 0.444 e. The van der Waals surface area contributed by atoms with E-state index >= 15 is 0 Å². The molecule has 0 aromatic carbocycles. The van der Waals surface area contributed by atoms with Gasteiger partial charge in [0, 0.05) is 31.0 Å². The third-order valence-corrected chi connectivity index (χ3v) is 4.98. The first-order valence-electron chi connectivity index (χ1n) is 8.10. The second-order valence-corrected chi connectivity index (χ2v) is 8.17. The Kier molecular flexibility index (Phi) is 6.09. The first-order valence-corrected chi connectivity index (χ1v) is 8.92. The average Bonchev–Trinajstić information content (AvgIpc) is 2.86. The summed E-state index contributed by atoms with van der Waals surface area (Å²) in [5.74, 6) is -0.0243. The highest BCUT2D eigenvalue weighted by atomic mass is 32.1. The van der Waals surface area contributed by atoms with E-state index in [0.717, 1.165) is 4.88 Å². The molecule has 2 rings (SSSR count). The molecule has 1 amide bonds. The number of carbonyl (C=O) groups excluding carboxylic acids is 2. The van der Waals surface area contributed by atoms with Crippen molar-refractivity contribution in [3.63, 3.8) is 0 Å². The van der Waals surface area contributed by atoms with Crippen molar-refractivity contribution < 1.29 is 19.1 Å². The lowest BCUT2D eigenvalue weighted by atomic mass is 9.87. The van der Waals surface area contributed by atoms with Crippen LogP contribution in [-0.4, -0.2) is 50.4 Å². The second-order valence-electron chi connectivity index (χ2n) is 7.04. The zero-order chi connectivity index (χ0) is 17.9. The molecule has 1 aromatic heterocycles. The number of piperidine rings is 1. The van der Waals surface area contributed by atoms with Gasteiger partial charge in [-0.2, -0.15) is 0 Å². The SMILES string of the molecule is [B]c1cc(COC)sc1C(=O)C1CCN(C(=O)OC(C)(C)C)CC1. The van der Waals surface area contributed by atoms with Crippen molar-refractivity contribution >= 4 is 36.5 Å². The number of thiophene rings is 1. The van der Waals surface area contributed by atoms with E-state index in [-0.39, 0.29) is 17.8 Å². The fraction of sp³-hybridized carbons (Fsp3) is 0.647. The molecule has 1 aliphatic heterocycles. The molecular weight excluding hydrogens is 325 g/mol. The molecule has 24 heavy (non-hydrogen) atoms. The average molecular weight is 349 g/mol. The summed E-state index contributed by atoms with van der Waals surface area (Å²) in [5.41, 5.74) is 0.0130. The highest BCUT2D eigenvalue weighted by Gasteiger charge is 2.31. The lowest BCUT2D eigenvalue weighted by Gasteiger charge is -2.32. The summed E-state index contributed by atoms with van der Waals surface area (Å²) in [5, 5.41) is 0. The van der Waals surface area contributed by atoms with Crippen molar-refractivity contribution in [2.75, 3.05) is 20.2 Å². The van der Waals surface area contributed by atoms with Crippen LogP contribution in [0.1, 0.15) is 48.2 Å². The predicted octanol–water partition coefficient (Wildman–Crippen LogP) is 2.52. The molecule has 1 aromatic rings. The molecule has 1 saturated heterocycles. The Morgan fingerprint density at radius 1 is 1.33 bits per heavy atom. The van der Waals surface area contributed by atoms with Crippen LogP contribution in [0, 0.1) is 5.92 Å². The second kappa shape index (κ2) is 7.70. The van der Waals surface area contributed by atoms with Crippen molar-refractivity contribution in [2.45, 2.75) is 45.8 Å². The van der Waals surface area contributed by atoms with E-state index in [1.54, 1.807) is 18.1 Å². The van der Waals surface area contributed by atoms with Crippen LogP contribution in [0.15, 0.2) is 6.07 Å². The Morgan fingerprint density at radius 2 is 1.96 bits per heavy atom. The van der Waals surface area contributed by atoms with Crippen molar-refractivity contribution in [2.24, 2.45) is 5.92 Å². The topological polar surface area (TPSA) is 55.8 Å². The summed E-state index contributed by atoms with van der Waals surface area (Å²) < 4.78 is 10.5. The zero-order valence-electron chi connectivity index (χ0n) is 14.8. The van der Waals surface area contributed by atoms with E-state index in [2.05, 4.69) is 0 Å². The van der Waals surface area contributed by atoms with Gasteiger partial charge in [0.15, 0.2) is 5.78 Å². The van der Waals surface area contributed by atoms with Crippen LogP contribution in [0.3, 0.4) is 0 Å². The Morgan fingerprint density at radius 3 is 2.50 bits per heavy atom. The third-order valence-electron chi connectivity index (χ3n) is 3.84. The quantitative estimate of drug-likeness (QED) is 0.619. The van der Waals surface area contributed by atoms with E-state index in [9.17, 15) is 9.59 Å². The van der Waals surface area contributed by atoms with E-state index in [1.807, 2.05) is 20.8 Å². The molecule has 0 bridgehead atoms. The molecule has 0 atom stereocenters. The first kappa shape index (κ1) is 19.0. The summed E-state index contributed by atoms with van der Waals surface area (Å²) in [4.78, 5) is 28.0. The molecule has 0 spiro atoms. The Balaban J connectivity index is 1.94. The van der Waals surface area contributed by atoms with Gasteiger partial charge in [0.2, 0.25) is 0 Å². The van der Waals surface area contributed by atoms with Crippen molar-refractivity contribution in [3.8, 4) is 0 Å². The van der Waals surface area contributed by atoms with Crippen molar-refractivity contribution in [1.82, 2.24) is 4.90 Å². The van der Waals surface area contributed by atoms with Gasteiger partial charge < -0.3 is 14.4 Å². The van der Waals surface area contributed by atoms with Crippen LogP contribution in [0.25, 0.3) is 0 Å². The summed E-state index contributed by atoms with van der Waals surface area (Å²) >= 11 is 1.40. The minimum atomic E-state index is -0.507. The summed E-state index contributed by atoms with van der Waals surface area (Å²) in [7, 11) is 7.59. The first-order chi connectivity index (χ1) is 11.2. The predicted molar refractivity (Wildman–Crippen MR) is 95.3 cm³/mol. The summed E-state index contributed by atoms with van der Waals surface area (Å²) in [6.07, 6.45) is 0.954. The summed E-state index contributed by atoms with van der Waals surface area (Å²) in [6.45, 7) is 7.05. The molecular formula is C17H24BNO4S. The van der Waals surface area contributed by atoms with E-state index in [1.165, 1.54) is 11.3 Å². The van der Waals surface area contributed by atoms with Crippen LogP contribution in [0.2, 0.25) is 0 Å². The lowest BCUT2D eigenvalue weighted by Crippen LogP contribution is -2.43. The summed E-state index contributed by atoms with van der Waals surface area (Å²) in [6, 6.07) is 1.80. The molecule has 130 valence electrons. The van der Waals surface area contributed by atoms with Crippen LogP contribution >= 0.6 is 11.3 Å². The van der Waals surface area contributed by atoms with E-state index in [4.69, 9.17) is 17.3 Å². The molecule has 0 unspecified atom stereocenters. The van der Waals surface area contributed by atoms with Gasteiger partial charge in [0.05, 0.1) is 11.5 Å². The smallest absolute Gasteiger partial charge is 0.410 e. The maximum Gasteiger partial charge on any atom is 0.410 e. The highest BCUT2D eigenvalue weighted by Crippen LogP contribution is 2.26. The van der Waals surface area contributed by atoms with Gasteiger partial charge >= 0.3 is 6.09 Å². The van der Waals surface area contributed by atoms with Crippen LogP contribution < -0.4 is 5.46 Å². The fourth-order valence-electron chi connectivity index (χ4n) is 2.70. The molecule has 2 radical (unpaired) electrons. The molecule has 0 saturated carbocycles. The number of Topliss-reactive ketones (excluding diaryl/α,β-unsaturated/α-hetero) is 1. The molecule has 2 heterocycles. The molecule has 5 nitrogen and oxygen atoms in total. The van der Waals surface area contributed by atoms with Crippen LogP contribution in [0.4, 0.5) is 4.79 Å². The number of ketones is 1. The molecule has 0 aliphatic carbocycles. The van der Waals surface area contributed by atoms with Gasteiger partial charge in [-0.05, 0) is 33.6 Å². The van der Waals surface area contributed by atoms with Crippen LogP contribution in [0.5, 0.6) is 0 Å². The molecule has 1 fully saturated rings. The number of methoxy groups -OCH3 is 1. The van der Waals surface area contributed by atoms with Gasteiger partial charge in [-0.25, -0.2) is 4.79 Å². The number of rotatable bonds is 4. The van der Waals surface area contributed by atoms with Crippen molar-refractivity contribution in [1.29, 1.82) is 0 Å². The molecule has 1 aliphatic rings. The number of likely N-dealkylation sites (tertiary alicyclic amines) is 1. The van der Waals surface area contributed by atoms with E-state index < -0.39 is 5.60 Å². The number of hydrogen-bond acceptors (Lipinski definition) is 5. The number of carbonyl (C=O) groups is 2. The van der Waals surface area contributed by atoms with Gasteiger partial charge in [-0.3, -0.25) is 4.79 Å². The molecule has 0 N–H and O–H groups in total. The number of amides is 1. The Labute approximate surface area is 148 Å². The van der Waals surface area contributed by atoms with Gasteiger partial charge in [0.1, 0.15) is 13.4 Å². The lowest BCUT2D eigenvalue weighted by molar-refractivity contribution is 0.0182. The minimum absolute atomic E-state index is 0.0729. The monoisotopic (exact) mass is 349 g/mol. The minimum Gasteiger partial charge on any atom is -0.444 e.